The van der Waals surface area contributed by atoms with E-state index in [0.29, 0.717) is 49.6 Å². The Hall–Kier alpha value is -1.34. The number of hydrogen-bond acceptors (Lipinski definition) is 4. The molecule has 1 N–H and O–H groups in total. The molecule has 0 aliphatic carbocycles. The SMILES string of the molecule is COC1(C(=O)N2CCCN(C(=O)c3ccc(Cl)cc3)CC2)CCNCC1.Cl. The minimum absolute atomic E-state index is 0. The topological polar surface area (TPSA) is 61.9 Å². The summed E-state index contributed by atoms with van der Waals surface area (Å²) in [6, 6.07) is 6.94. The third-order valence-electron chi connectivity index (χ3n) is 5.35. The van der Waals surface area contributed by atoms with E-state index in [9.17, 15) is 9.59 Å². The predicted octanol–water partition coefficient (Wildman–Crippen LogP) is 2.20. The fourth-order valence-corrected chi connectivity index (χ4v) is 3.85. The van der Waals surface area contributed by atoms with E-state index in [1.54, 1.807) is 31.4 Å². The van der Waals surface area contributed by atoms with Crippen molar-refractivity contribution in [1.29, 1.82) is 0 Å². The lowest BCUT2D eigenvalue weighted by Crippen LogP contribution is -2.56. The van der Waals surface area contributed by atoms with Crippen LogP contribution in [0.1, 0.15) is 29.6 Å². The lowest BCUT2D eigenvalue weighted by atomic mass is 9.90. The van der Waals surface area contributed by atoms with Gasteiger partial charge in [0.15, 0.2) is 0 Å². The van der Waals surface area contributed by atoms with Crippen LogP contribution in [0.4, 0.5) is 0 Å². The van der Waals surface area contributed by atoms with Gasteiger partial charge in [-0.25, -0.2) is 0 Å². The lowest BCUT2D eigenvalue weighted by Gasteiger charge is -2.38. The first kappa shape index (κ1) is 22.0. The highest BCUT2D eigenvalue weighted by molar-refractivity contribution is 6.30. The molecule has 2 saturated heterocycles. The standard InChI is InChI=1S/C19H26ClN3O3.ClH/c1-26-19(7-9-21-10-8-19)18(25)23-12-2-11-22(13-14-23)17(24)15-3-5-16(20)6-4-15;/h3-6,21H,2,7-14H2,1H3;1H. The highest BCUT2D eigenvalue weighted by Gasteiger charge is 2.42. The van der Waals surface area contributed by atoms with Crippen LogP contribution in [0.15, 0.2) is 24.3 Å². The van der Waals surface area contributed by atoms with Crippen LogP contribution >= 0.6 is 24.0 Å². The smallest absolute Gasteiger partial charge is 0.254 e. The Morgan fingerprint density at radius 2 is 1.63 bits per heavy atom. The van der Waals surface area contributed by atoms with E-state index in [2.05, 4.69) is 5.32 Å². The summed E-state index contributed by atoms with van der Waals surface area (Å²) in [6.45, 7) is 3.94. The minimum atomic E-state index is -0.722. The summed E-state index contributed by atoms with van der Waals surface area (Å²) in [5.41, 5.74) is -0.0958. The number of methoxy groups -OCH3 is 1. The maximum absolute atomic E-state index is 13.1. The van der Waals surface area contributed by atoms with Gasteiger partial charge in [-0.2, -0.15) is 0 Å². The lowest BCUT2D eigenvalue weighted by molar-refractivity contribution is -0.158. The summed E-state index contributed by atoms with van der Waals surface area (Å²) in [7, 11) is 1.62. The zero-order valence-corrected chi connectivity index (χ0v) is 17.2. The van der Waals surface area contributed by atoms with E-state index in [4.69, 9.17) is 16.3 Å². The zero-order chi connectivity index (χ0) is 18.6. The Labute approximate surface area is 171 Å². The van der Waals surface area contributed by atoms with E-state index in [1.165, 1.54) is 0 Å². The number of benzene rings is 1. The molecule has 27 heavy (non-hydrogen) atoms. The number of carbonyl (C=O) groups is 2. The summed E-state index contributed by atoms with van der Waals surface area (Å²) >= 11 is 5.90. The second kappa shape index (κ2) is 9.73. The van der Waals surface area contributed by atoms with Crippen molar-refractivity contribution >= 4 is 35.8 Å². The second-order valence-corrected chi connectivity index (χ2v) is 7.33. The van der Waals surface area contributed by atoms with Crippen LogP contribution < -0.4 is 5.32 Å². The Morgan fingerprint density at radius 3 is 2.26 bits per heavy atom. The Balaban J connectivity index is 0.00000261. The average Bonchev–Trinajstić information content (AvgIpc) is 2.94. The molecule has 150 valence electrons. The predicted molar refractivity (Wildman–Crippen MR) is 108 cm³/mol. The molecule has 0 aromatic heterocycles. The summed E-state index contributed by atoms with van der Waals surface area (Å²) in [5, 5.41) is 3.89. The molecular weight excluding hydrogens is 389 g/mol. The summed E-state index contributed by atoms with van der Waals surface area (Å²) < 4.78 is 5.67. The largest absolute Gasteiger partial charge is 0.368 e. The third kappa shape index (κ3) is 4.93. The molecule has 8 heteroatoms. The van der Waals surface area contributed by atoms with E-state index in [-0.39, 0.29) is 24.2 Å². The average molecular weight is 416 g/mol. The van der Waals surface area contributed by atoms with Gasteiger partial charge in [0.1, 0.15) is 5.60 Å². The van der Waals surface area contributed by atoms with Gasteiger partial charge in [-0.05, 0) is 56.6 Å². The van der Waals surface area contributed by atoms with Crippen molar-refractivity contribution in [2.45, 2.75) is 24.9 Å². The van der Waals surface area contributed by atoms with Crippen molar-refractivity contribution in [2.75, 3.05) is 46.4 Å². The van der Waals surface area contributed by atoms with Crippen LogP contribution in [0.5, 0.6) is 0 Å². The third-order valence-corrected chi connectivity index (χ3v) is 5.61. The highest BCUT2D eigenvalue weighted by Crippen LogP contribution is 2.26. The first-order chi connectivity index (χ1) is 12.6. The van der Waals surface area contributed by atoms with E-state index in [0.717, 1.165) is 19.5 Å². The van der Waals surface area contributed by atoms with E-state index >= 15 is 0 Å². The number of rotatable bonds is 3. The van der Waals surface area contributed by atoms with Crippen molar-refractivity contribution in [1.82, 2.24) is 15.1 Å². The van der Waals surface area contributed by atoms with Crippen LogP contribution in [0, 0.1) is 0 Å². The van der Waals surface area contributed by atoms with Crippen molar-refractivity contribution in [3.63, 3.8) is 0 Å². The fraction of sp³-hybridized carbons (Fsp3) is 0.579. The Kier molecular flexibility index (Phi) is 7.91. The molecule has 2 fully saturated rings. The van der Waals surface area contributed by atoms with Gasteiger partial charge < -0.3 is 19.9 Å². The molecule has 0 saturated carbocycles. The molecule has 0 unspecified atom stereocenters. The normalized spacial score (nSPS) is 19.8. The van der Waals surface area contributed by atoms with Gasteiger partial charge in [0.2, 0.25) is 0 Å². The quantitative estimate of drug-likeness (QED) is 0.821. The van der Waals surface area contributed by atoms with Crippen molar-refractivity contribution in [3.8, 4) is 0 Å². The van der Waals surface area contributed by atoms with Gasteiger partial charge in [0.05, 0.1) is 0 Å². The molecule has 0 radical (unpaired) electrons. The molecule has 0 atom stereocenters. The van der Waals surface area contributed by atoms with Gasteiger partial charge in [0.25, 0.3) is 11.8 Å². The number of nitrogens with zero attached hydrogens (tertiary/aromatic N) is 2. The van der Waals surface area contributed by atoms with Gasteiger partial charge >= 0.3 is 0 Å². The molecule has 2 aliphatic rings. The van der Waals surface area contributed by atoms with E-state index in [1.807, 2.05) is 9.80 Å². The molecular formula is C19H27Cl2N3O3. The molecule has 0 spiro atoms. The van der Waals surface area contributed by atoms with Crippen molar-refractivity contribution in [2.24, 2.45) is 0 Å². The molecule has 1 aromatic carbocycles. The number of carbonyl (C=O) groups excluding carboxylic acids is 2. The summed E-state index contributed by atoms with van der Waals surface area (Å²) in [4.78, 5) is 29.5. The maximum atomic E-state index is 13.1. The molecule has 6 nitrogen and oxygen atoms in total. The molecule has 2 aliphatic heterocycles. The summed E-state index contributed by atoms with van der Waals surface area (Å²) in [5.74, 6) is 0.0431. The van der Waals surface area contributed by atoms with Crippen LogP contribution in [0.2, 0.25) is 5.02 Å². The fourth-order valence-electron chi connectivity index (χ4n) is 3.72. The Bertz CT molecular complexity index is 648. The first-order valence-electron chi connectivity index (χ1n) is 9.16. The number of piperidine rings is 1. The van der Waals surface area contributed by atoms with Crippen LogP contribution in [-0.4, -0.2) is 73.6 Å². The minimum Gasteiger partial charge on any atom is -0.368 e. The second-order valence-electron chi connectivity index (χ2n) is 6.89. The monoisotopic (exact) mass is 415 g/mol. The van der Waals surface area contributed by atoms with Crippen molar-refractivity contribution in [3.05, 3.63) is 34.9 Å². The molecule has 3 rings (SSSR count). The van der Waals surface area contributed by atoms with Crippen LogP contribution in [0.3, 0.4) is 0 Å². The number of halogens is 2. The number of hydrogen-bond donors (Lipinski definition) is 1. The molecule has 2 amide bonds. The number of ether oxygens (including phenoxy) is 1. The first-order valence-corrected chi connectivity index (χ1v) is 9.54. The zero-order valence-electron chi connectivity index (χ0n) is 15.6. The number of nitrogens with one attached hydrogen (secondary N) is 1. The molecule has 0 bridgehead atoms. The highest BCUT2D eigenvalue weighted by atomic mass is 35.5. The maximum Gasteiger partial charge on any atom is 0.254 e. The molecule has 1 aromatic rings. The van der Waals surface area contributed by atoms with Gasteiger partial charge in [-0.3, -0.25) is 9.59 Å². The van der Waals surface area contributed by atoms with Crippen LogP contribution in [0.25, 0.3) is 0 Å². The van der Waals surface area contributed by atoms with Gasteiger partial charge in [-0.15, -0.1) is 12.4 Å². The van der Waals surface area contributed by atoms with Crippen molar-refractivity contribution < 1.29 is 14.3 Å². The summed E-state index contributed by atoms with van der Waals surface area (Å²) in [6.07, 6.45) is 2.14. The van der Waals surface area contributed by atoms with E-state index < -0.39 is 5.60 Å². The molecule has 2 heterocycles. The van der Waals surface area contributed by atoms with Gasteiger partial charge in [-0.1, -0.05) is 11.6 Å². The van der Waals surface area contributed by atoms with Crippen LogP contribution in [-0.2, 0) is 9.53 Å². The Morgan fingerprint density at radius 1 is 1.04 bits per heavy atom. The van der Waals surface area contributed by atoms with Gasteiger partial charge in [0, 0.05) is 43.9 Å². The number of amides is 2.